The van der Waals surface area contributed by atoms with Crippen molar-refractivity contribution in [3.8, 4) is 11.1 Å². The van der Waals surface area contributed by atoms with Gasteiger partial charge in [0, 0.05) is 30.2 Å². The van der Waals surface area contributed by atoms with Crippen LogP contribution in [0.15, 0.2) is 54.4 Å². The maximum Gasteiger partial charge on any atom is 0.271 e. The fourth-order valence-electron chi connectivity index (χ4n) is 2.70. The number of rotatable bonds is 6. The van der Waals surface area contributed by atoms with Gasteiger partial charge in [-0.3, -0.25) is 4.79 Å². The van der Waals surface area contributed by atoms with Gasteiger partial charge in [0.2, 0.25) is 0 Å². The Morgan fingerprint density at radius 1 is 1.15 bits per heavy atom. The molecule has 27 heavy (non-hydrogen) atoms. The normalized spacial score (nSPS) is 11.8. The van der Waals surface area contributed by atoms with Crippen LogP contribution in [0, 0.1) is 12.3 Å². The van der Waals surface area contributed by atoms with Crippen molar-refractivity contribution in [3.63, 3.8) is 0 Å². The molecule has 2 aromatic rings. The van der Waals surface area contributed by atoms with Crippen LogP contribution >= 0.6 is 0 Å². The van der Waals surface area contributed by atoms with Crippen LogP contribution in [0.4, 0.5) is 11.4 Å². The second-order valence-electron chi connectivity index (χ2n) is 6.13. The Labute approximate surface area is 159 Å². The second-order valence-corrected chi connectivity index (χ2v) is 6.13. The van der Waals surface area contributed by atoms with E-state index in [2.05, 4.69) is 10.6 Å². The molecule has 0 aliphatic heterocycles. The highest BCUT2D eigenvalue weighted by Gasteiger charge is 2.11. The zero-order valence-electron chi connectivity index (χ0n) is 15.8. The van der Waals surface area contributed by atoms with E-state index < -0.39 is 0 Å². The Morgan fingerprint density at radius 2 is 1.81 bits per heavy atom. The maximum absolute atomic E-state index is 12.3. The van der Waals surface area contributed by atoms with Gasteiger partial charge in [0.1, 0.15) is 5.70 Å². The first-order chi connectivity index (χ1) is 12.9. The first-order valence-electron chi connectivity index (χ1n) is 8.50. The fourth-order valence-corrected chi connectivity index (χ4v) is 2.70. The lowest BCUT2D eigenvalue weighted by Gasteiger charge is -2.13. The molecular weight excluding hydrogens is 338 g/mol. The molecule has 0 saturated carbocycles. The van der Waals surface area contributed by atoms with Crippen molar-refractivity contribution < 1.29 is 4.79 Å². The number of likely N-dealkylation sites (N-methyl/N-ethyl adjacent to an activating group) is 1. The lowest BCUT2D eigenvalue weighted by atomic mass is 9.97. The number of nitrogens with one attached hydrogen (secondary N) is 3. The molecule has 1 amide bonds. The van der Waals surface area contributed by atoms with Gasteiger partial charge < -0.3 is 27.5 Å². The van der Waals surface area contributed by atoms with E-state index in [0.717, 1.165) is 34.0 Å². The molecule has 0 radical (unpaired) electrons. The highest BCUT2D eigenvalue weighted by molar-refractivity contribution is 6.05. The van der Waals surface area contributed by atoms with Gasteiger partial charge in [0.05, 0.1) is 0 Å². The molecule has 6 heteroatoms. The van der Waals surface area contributed by atoms with Gasteiger partial charge in [-0.2, -0.15) is 0 Å². The zero-order chi connectivity index (χ0) is 20.0. The van der Waals surface area contributed by atoms with E-state index in [9.17, 15) is 4.79 Å². The summed E-state index contributed by atoms with van der Waals surface area (Å²) in [6, 6.07) is 11.6. The Hall–Kier alpha value is -3.54. The molecule has 0 bridgehead atoms. The molecule has 2 aromatic carbocycles. The smallest absolute Gasteiger partial charge is 0.271 e. The van der Waals surface area contributed by atoms with Crippen molar-refractivity contribution in [1.82, 2.24) is 5.32 Å². The van der Waals surface area contributed by atoms with Crippen LogP contribution in [0.25, 0.3) is 16.7 Å². The number of nitrogens with two attached hydrogens (primary N) is 2. The average molecular weight is 363 g/mol. The van der Waals surface area contributed by atoms with Gasteiger partial charge in [0.25, 0.3) is 5.91 Å². The molecule has 0 aromatic heterocycles. The van der Waals surface area contributed by atoms with Gasteiger partial charge >= 0.3 is 0 Å². The summed E-state index contributed by atoms with van der Waals surface area (Å²) in [7, 11) is 1.64. The molecule has 0 unspecified atom stereocenters. The van der Waals surface area contributed by atoms with Crippen molar-refractivity contribution in [1.29, 1.82) is 5.41 Å². The van der Waals surface area contributed by atoms with Gasteiger partial charge in [-0.05, 0) is 72.7 Å². The minimum absolute atomic E-state index is 0.296. The molecule has 7 N–H and O–H groups in total. The quantitative estimate of drug-likeness (QED) is 0.308. The Kier molecular flexibility index (Phi) is 6.38. The van der Waals surface area contributed by atoms with E-state index in [1.54, 1.807) is 13.2 Å². The van der Waals surface area contributed by atoms with Crippen LogP contribution < -0.4 is 22.1 Å². The van der Waals surface area contributed by atoms with E-state index in [1.807, 2.05) is 50.2 Å². The Morgan fingerprint density at radius 3 is 2.41 bits per heavy atom. The molecule has 0 heterocycles. The fraction of sp³-hybridized carbons (Fsp3) is 0.143. The maximum atomic E-state index is 12.3. The third-order valence-electron chi connectivity index (χ3n) is 4.30. The molecule has 0 spiro atoms. The highest BCUT2D eigenvalue weighted by Crippen LogP contribution is 2.30. The predicted molar refractivity (Wildman–Crippen MR) is 113 cm³/mol. The number of hydrogen-bond donors (Lipinski definition) is 5. The van der Waals surface area contributed by atoms with Crippen LogP contribution in [0.1, 0.15) is 18.1 Å². The zero-order valence-corrected chi connectivity index (χ0v) is 15.8. The number of amides is 1. The van der Waals surface area contributed by atoms with E-state index in [1.165, 1.54) is 6.08 Å². The van der Waals surface area contributed by atoms with E-state index in [0.29, 0.717) is 17.1 Å². The summed E-state index contributed by atoms with van der Waals surface area (Å²) in [6.45, 7) is 3.85. The monoisotopic (exact) mass is 363 g/mol. The topological polar surface area (TPSA) is 117 Å². The summed E-state index contributed by atoms with van der Waals surface area (Å²) in [5.41, 5.74) is 18.2. The summed E-state index contributed by atoms with van der Waals surface area (Å²) in [4.78, 5) is 12.3. The molecule has 0 atom stereocenters. The number of hydrogen-bond acceptors (Lipinski definition) is 5. The van der Waals surface area contributed by atoms with Crippen molar-refractivity contribution >= 4 is 29.1 Å². The summed E-state index contributed by atoms with van der Waals surface area (Å²) in [6.07, 6.45) is 4.01. The Balaban J connectivity index is 2.33. The Bertz CT molecular complexity index is 928. The molecule has 6 nitrogen and oxygen atoms in total. The standard InChI is InChI=1S/C21H25N5O/c1-13-10-15(16-4-6-18(24)17(11-16)14(2)12-23)5-7-19(13)26-21(27)20(25-3)8-9-22/h4-12,22,25H,23-24H2,1-3H3,(H,26,27)/b14-12-,20-8-,22-9?. The number of allylic oxidation sites excluding steroid dienone is 2. The van der Waals surface area contributed by atoms with Crippen LogP contribution in [0.3, 0.4) is 0 Å². The highest BCUT2D eigenvalue weighted by atomic mass is 16.2. The van der Waals surface area contributed by atoms with Crippen molar-refractivity contribution in [2.75, 3.05) is 18.1 Å². The van der Waals surface area contributed by atoms with Crippen LogP contribution in [-0.2, 0) is 4.79 Å². The minimum atomic E-state index is -0.296. The number of carbonyl (C=O) groups is 1. The lowest BCUT2D eigenvalue weighted by Crippen LogP contribution is -2.23. The number of benzene rings is 2. The first-order valence-corrected chi connectivity index (χ1v) is 8.50. The number of nitrogen functional groups attached to an aromatic ring is 1. The van der Waals surface area contributed by atoms with Crippen LogP contribution in [0.2, 0.25) is 0 Å². The molecule has 140 valence electrons. The molecular formula is C21H25N5O. The van der Waals surface area contributed by atoms with E-state index in [-0.39, 0.29) is 5.91 Å². The van der Waals surface area contributed by atoms with Crippen molar-refractivity contribution in [2.45, 2.75) is 13.8 Å². The number of anilines is 2. The van der Waals surface area contributed by atoms with Gasteiger partial charge in [0.15, 0.2) is 0 Å². The first kappa shape index (κ1) is 19.8. The average Bonchev–Trinajstić information content (AvgIpc) is 2.67. The van der Waals surface area contributed by atoms with Crippen LogP contribution in [-0.4, -0.2) is 19.2 Å². The molecule has 0 aliphatic carbocycles. The van der Waals surface area contributed by atoms with Crippen LogP contribution in [0.5, 0.6) is 0 Å². The summed E-state index contributed by atoms with van der Waals surface area (Å²) in [5, 5.41) is 12.7. The predicted octanol–water partition coefficient (Wildman–Crippen LogP) is 3.26. The third kappa shape index (κ3) is 4.55. The van der Waals surface area contributed by atoms with Crippen molar-refractivity contribution in [2.24, 2.45) is 5.73 Å². The number of carbonyl (C=O) groups excluding carboxylic acids is 1. The van der Waals surface area contributed by atoms with E-state index >= 15 is 0 Å². The van der Waals surface area contributed by atoms with Gasteiger partial charge in [-0.15, -0.1) is 0 Å². The SMILES string of the molecule is CN/C(=C\C=N)C(=O)Nc1ccc(-c2ccc(N)c(/C(C)=C\N)c2)cc1C. The largest absolute Gasteiger partial charge is 0.404 e. The summed E-state index contributed by atoms with van der Waals surface area (Å²) < 4.78 is 0. The van der Waals surface area contributed by atoms with Crippen molar-refractivity contribution in [3.05, 3.63) is 65.5 Å². The summed E-state index contributed by atoms with van der Waals surface area (Å²) >= 11 is 0. The molecule has 0 fully saturated rings. The second kappa shape index (κ2) is 8.71. The van der Waals surface area contributed by atoms with Gasteiger partial charge in [-0.1, -0.05) is 12.1 Å². The third-order valence-corrected chi connectivity index (χ3v) is 4.30. The summed E-state index contributed by atoms with van der Waals surface area (Å²) in [5.74, 6) is -0.296. The van der Waals surface area contributed by atoms with Gasteiger partial charge in [-0.25, -0.2) is 0 Å². The molecule has 0 aliphatic rings. The lowest BCUT2D eigenvalue weighted by molar-refractivity contribution is -0.113. The minimum Gasteiger partial charge on any atom is -0.404 e. The van der Waals surface area contributed by atoms with E-state index in [4.69, 9.17) is 16.9 Å². The number of aryl methyl sites for hydroxylation is 1. The molecule has 0 saturated heterocycles. The molecule has 2 rings (SSSR count).